The van der Waals surface area contributed by atoms with Gasteiger partial charge < -0.3 is 9.88 Å². The van der Waals surface area contributed by atoms with E-state index in [1.807, 2.05) is 22.6 Å². The summed E-state index contributed by atoms with van der Waals surface area (Å²) in [6, 6.07) is 0.190. The van der Waals surface area contributed by atoms with Crippen LogP contribution in [-0.2, 0) is 20.0 Å². The molecule has 0 aromatic carbocycles. The standard InChI is InChI=1S/C13H22N6/c1-4-6-14-11(12-8-18(3)10-16-12)7-13-15-9-17-19(13)5-2/h8-11,14H,4-7H2,1-3H3. The third-order valence-corrected chi connectivity index (χ3v) is 3.10. The van der Waals surface area contributed by atoms with E-state index in [0.717, 1.165) is 37.4 Å². The molecule has 0 bridgehead atoms. The quantitative estimate of drug-likeness (QED) is 0.817. The Hall–Kier alpha value is -1.69. The van der Waals surface area contributed by atoms with E-state index in [-0.39, 0.29) is 6.04 Å². The zero-order valence-electron chi connectivity index (χ0n) is 11.9. The molecular weight excluding hydrogens is 240 g/mol. The van der Waals surface area contributed by atoms with Crippen molar-refractivity contribution in [3.8, 4) is 0 Å². The second-order valence-electron chi connectivity index (χ2n) is 4.67. The number of hydrogen-bond donors (Lipinski definition) is 1. The van der Waals surface area contributed by atoms with Crippen molar-refractivity contribution in [1.29, 1.82) is 0 Å². The number of nitrogens with zero attached hydrogens (tertiary/aromatic N) is 5. The second-order valence-corrected chi connectivity index (χ2v) is 4.67. The molecule has 0 spiro atoms. The maximum atomic E-state index is 4.45. The molecule has 104 valence electrons. The lowest BCUT2D eigenvalue weighted by Gasteiger charge is -2.16. The van der Waals surface area contributed by atoms with Gasteiger partial charge in [-0.25, -0.2) is 9.97 Å². The van der Waals surface area contributed by atoms with Gasteiger partial charge >= 0.3 is 0 Å². The van der Waals surface area contributed by atoms with E-state index in [1.165, 1.54) is 0 Å². The normalized spacial score (nSPS) is 12.8. The molecule has 19 heavy (non-hydrogen) atoms. The molecule has 0 aliphatic heterocycles. The fraction of sp³-hybridized carbons (Fsp3) is 0.615. The van der Waals surface area contributed by atoms with Gasteiger partial charge in [0.15, 0.2) is 0 Å². The third kappa shape index (κ3) is 3.41. The van der Waals surface area contributed by atoms with E-state index in [4.69, 9.17) is 0 Å². The van der Waals surface area contributed by atoms with E-state index in [9.17, 15) is 0 Å². The summed E-state index contributed by atoms with van der Waals surface area (Å²) in [5.41, 5.74) is 1.06. The van der Waals surface area contributed by atoms with Gasteiger partial charge in [-0.05, 0) is 19.9 Å². The molecule has 1 atom stereocenters. The molecule has 1 unspecified atom stereocenters. The lowest BCUT2D eigenvalue weighted by Crippen LogP contribution is -2.25. The third-order valence-electron chi connectivity index (χ3n) is 3.10. The molecule has 2 heterocycles. The fourth-order valence-electron chi connectivity index (χ4n) is 2.11. The van der Waals surface area contributed by atoms with Crippen molar-refractivity contribution in [2.75, 3.05) is 6.54 Å². The molecule has 0 aliphatic rings. The van der Waals surface area contributed by atoms with E-state index in [0.29, 0.717) is 0 Å². The van der Waals surface area contributed by atoms with Crippen LogP contribution in [0.2, 0.25) is 0 Å². The van der Waals surface area contributed by atoms with Crippen LogP contribution in [0.3, 0.4) is 0 Å². The van der Waals surface area contributed by atoms with Crippen LogP contribution in [0.4, 0.5) is 0 Å². The summed E-state index contributed by atoms with van der Waals surface area (Å²) in [6.07, 6.45) is 7.42. The first-order chi connectivity index (χ1) is 9.24. The van der Waals surface area contributed by atoms with Crippen molar-refractivity contribution in [3.05, 3.63) is 30.4 Å². The molecule has 0 aliphatic carbocycles. The average molecular weight is 262 g/mol. The zero-order chi connectivity index (χ0) is 13.7. The van der Waals surface area contributed by atoms with Gasteiger partial charge in [-0.15, -0.1) is 0 Å². The van der Waals surface area contributed by atoms with Crippen LogP contribution in [0.5, 0.6) is 0 Å². The highest BCUT2D eigenvalue weighted by Gasteiger charge is 2.17. The molecule has 1 N–H and O–H groups in total. The smallest absolute Gasteiger partial charge is 0.138 e. The summed E-state index contributed by atoms with van der Waals surface area (Å²) in [6.45, 7) is 6.06. The van der Waals surface area contributed by atoms with Crippen molar-refractivity contribution >= 4 is 0 Å². The average Bonchev–Trinajstić information content (AvgIpc) is 3.02. The molecule has 6 nitrogen and oxygen atoms in total. The molecule has 2 aromatic heterocycles. The molecule has 6 heteroatoms. The molecule has 2 aromatic rings. The van der Waals surface area contributed by atoms with E-state index < -0.39 is 0 Å². The highest BCUT2D eigenvalue weighted by atomic mass is 15.3. The minimum Gasteiger partial charge on any atom is -0.340 e. The second kappa shape index (κ2) is 6.47. The van der Waals surface area contributed by atoms with Crippen LogP contribution >= 0.6 is 0 Å². The maximum Gasteiger partial charge on any atom is 0.138 e. The summed E-state index contributed by atoms with van der Waals surface area (Å²) >= 11 is 0. The topological polar surface area (TPSA) is 60.6 Å². The minimum absolute atomic E-state index is 0.190. The largest absolute Gasteiger partial charge is 0.340 e. The van der Waals surface area contributed by atoms with Crippen LogP contribution in [0.15, 0.2) is 18.9 Å². The van der Waals surface area contributed by atoms with Gasteiger partial charge in [0.05, 0.1) is 18.1 Å². The Labute approximate surface area is 113 Å². The number of aromatic nitrogens is 5. The Kier molecular flexibility index (Phi) is 4.68. The first kappa shape index (κ1) is 13.7. The monoisotopic (exact) mass is 262 g/mol. The lowest BCUT2D eigenvalue weighted by atomic mass is 10.1. The molecule has 0 saturated heterocycles. The van der Waals surface area contributed by atoms with Crippen LogP contribution in [0, 0.1) is 0 Å². The lowest BCUT2D eigenvalue weighted by molar-refractivity contribution is 0.489. The van der Waals surface area contributed by atoms with Crippen LogP contribution in [-0.4, -0.2) is 30.9 Å². The Morgan fingerprint density at radius 1 is 1.32 bits per heavy atom. The molecule has 0 saturated carbocycles. The Balaban J connectivity index is 2.14. The van der Waals surface area contributed by atoms with Gasteiger partial charge in [0.1, 0.15) is 12.2 Å². The predicted octanol–water partition coefficient (Wildman–Crippen LogP) is 1.31. The fourth-order valence-corrected chi connectivity index (χ4v) is 2.11. The summed E-state index contributed by atoms with van der Waals surface area (Å²) in [5, 5.41) is 7.75. The predicted molar refractivity (Wildman–Crippen MR) is 73.6 cm³/mol. The van der Waals surface area contributed by atoms with Crippen molar-refractivity contribution in [2.24, 2.45) is 7.05 Å². The van der Waals surface area contributed by atoms with Gasteiger partial charge in [-0.2, -0.15) is 5.10 Å². The molecule has 0 amide bonds. The number of imidazole rings is 1. The van der Waals surface area contributed by atoms with E-state index >= 15 is 0 Å². The number of nitrogens with one attached hydrogen (secondary N) is 1. The zero-order valence-corrected chi connectivity index (χ0v) is 11.9. The molecule has 2 rings (SSSR count). The summed E-state index contributed by atoms with van der Waals surface area (Å²) < 4.78 is 3.91. The van der Waals surface area contributed by atoms with Gasteiger partial charge in [-0.3, -0.25) is 4.68 Å². The van der Waals surface area contributed by atoms with Crippen molar-refractivity contribution in [3.63, 3.8) is 0 Å². The van der Waals surface area contributed by atoms with Gasteiger partial charge in [0.2, 0.25) is 0 Å². The van der Waals surface area contributed by atoms with Crippen molar-refractivity contribution < 1.29 is 0 Å². The molecular formula is C13H22N6. The highest BCUT2D eigenvalue weighted by Crippen LogP contribution is 2.15. The Morgan fingerprint density at radius 2 is 2.16 bits per heavy atom. The summed E-state index contributed by atoms with van der Waals surface area (Å²) in [7, 11) is 1.99. The number of rotatable bonds is 7. The first-order valence-corrected chi connectivity index (χ1v) is 6.82. The van der Waals surface area contributed by atoms with Crippen LogP contribution in [0.1, 0.15) is 37.8 Å². The number of aryl methyl sites for hydroxylation is 2. The van der Waals surface area contributed by atoms with Gasteiger partial charge in [-0.1, -0.05) is 6.92 Å². The van der Waals surface area contributed by atoms with Crippen molar-refractivity contribution in [2.45, 2.75) is 39.3 Å². The van der Waals surface area contributed by atoms with Gasteiger partial charge in [0.25, 0.3) is 0 Å². The molecule has 0 fully saturated rings. The molecule has 0 radical (unpaired) electrons. The van der Waals surface area contributed by atoms with E-state index in [2.05, 4.69) is 40.4 Å². The Bertz CT molecular complexity index is 501. The SMILES string of the molecule is CCCNC(Cc1ncnn1CC)c1cn(C)cn1. The van der Waals surface area contributed by atoms with Gasteiger partial charge in [0, 0.05) is 26.2 Å². The number of hydrogen-bond acceptors (Lipinski definition) is 4. The van der Waals surface area contributed by atoms with E-state index in [1.54, 1.807) is 6.33 Å². The summed E-state index contributed by atoms with van der Waals surface area (Å²) in [4.78, 5) is 8.79. The first-order valence-electron chi connectivity index (χ1n) is 6.82. The highest BCUT2D eigenvalue weighted by molar-refractivity contribution is 5.07. The van der Waals surface area contributed by atoms with Crippen molar-refractivity contribution in [1.82, 2.24) is 29.6 Å². The van der Waals surface area contributed by atoms with Crippen LogP contribution < -0.4 is 5.32 Å². The minimum atomic E-state index is 0.190. The maximum absolute atomic E-state index is 4.45. The Morgan fingerprint density at radius 3 is 2.79 bits per heavy atom. The summed E-state index contributed by atoms with van der Waals surface area (Å²) in [5.74, 6) is 1.00. The van der Waals surface area contributed by atoms with Crippen LogP contribution in [0.25, 0.3) is 0 Å².